The van der Waals surface area contributed by atoms with E-state index in [0.29, 0.717) is 0 Å². The SMILES string of the molecule is CC(F)C(=O)N1CCCCC1. The molecule has 0 aromatic carbocycles. The lowest BCUT2D eigenvalue weighted by Gasteiger charge is -2.27. The summed E-state index contributed by atoms with van der Waals surface area (Å²) in [5.41, 5.74) is 0. The highest BCUT2D eigenvalue weighted by Gasteiger charge is 2.20. The Hall–Kier alpha value is -0.600. The van der Waals surface area contributed by atoms with Gasteiger partial charge in [-0.05, 0) is 26.2 Å². The molecule has 0 bridgehead atoms. The molecule has 0 saturated carbocycles. The monoisotopic (exact) mass is 159 g/mol. The molecule has 1 atom stereocenters. The molecule has 0 aromatic heterocycles. The third kappa shape index (κ3) is 2.17. The van der Waals surface area contributed by atoms with Crippen LogP contribution in [-0.2, 0) is 4.79 Å². The van der Waals surface area contributed by atoms with Gasteiger partial charge in [0.05, 0.1) is 0 Å². The largest absolute Gasteiger partial charge is 0.340 e. The summed E-state index contributed by atoms with van der Waals surface area (Å²) in [5.74, 6) is -0.343. The molecular weight excluding hydrogens is 145 g/mol. The van der Waals surface area contributed by atoms with Gasteiger partial charge in [-0.1, -0.05) is 0 Å². The molecule has 1 amide bonds. The van der Waals surface area contributed by atoms with Gasteiger partial charge < -0.3 is 4.90 Å². The van der Waals surface area contributed by atoms with Gasteiger partial charge in [-0.2, -0.15) is 0 Å². The van der Waals surface area contributed by atoms with Gasteiger partial charge in [-0.3, -0.25) is 4.79 Å². The fraction of sp³-hybridized carbons (Fsp3) is 0.875. The molecule has 1 fully saturated rings. The molecule has 3 heteroatoms. The van der Waals surface area contributed by atoms with Crippen molar-refractivity contribution < 1.29 is 9.18 Å². The van der Waals surface area contributed by atoms with Crippen LogP contribution in [0.15, 0.2) is 0 Å². The minimum atomic E-state index is -1.33. The van der Waals surface area contributed by atoms with E-state index < -0.39 is 6.17 Å². The van der Waals surface area contributed by atoms with E-state index in [9.17, 15) is 9.18 Å². The fourth-order valence-corrected chi connectivity index (χ4v) is 1.37. The maximum absolute atomic E-state index is 12.5. The van der Waals surface area contributed by atoms with Crippen LogP contribution in [0, 0.1) is 0 Å². The van der Waals surface area contributed by atoms with Crippen LogP contribution >= 0.6 is 0 Å². The van der Waals surface area contributed by atoms with Crippen molar-refractivity contribution in [3.63, 3.8) is 0 Å². The Labute approximate surface area is 66.4 Å². The molecule has 1 unspecified atom stereocenters. The number of carbonyl (C=O) groups is 1. The zero-order valence-corrected chi connectivity index (χ0v) is 6.85. The van der Waals surface area contributed by atoms with Crippen LogP contribution in [0.2, 0.25) is 0 Å². The summed E-state index contributed by atoms with van der Waals surface area (Å²) in [6, 6.07) is 0. The highest BCUT2D eigenvalue weighted by Crippen LogP contribution is 2.10. The van der Waals surface area contributed by atoms with Crippen LogP contribution in [0.4, 0.5) is 4.39 Å². The van der Waals surface area contributed by atoms with Crippen molar-refractivity contribution in [3.8, 4) is 0 Å². The molecule has 0 radical (unpaired) electrons. The number of hydrogen-bond acceptors (Lipinski definition) is 1. The summed E-state index contributed by atoms with van der Waals surface area (Å²) in [7, 11) is 0. The number of halogens is 1. The van der Waals surface area contributed by atoms with E-state index in [0.717, 1.165) is 25.9 Å². The van der Waals surface area contributed by atoms with Gasteiger partial charge in [0.2, 0.25) is 0 Å². The third-order valence-electron chi connectivity index (χ3n) is 2.01. The zero-order chi connectivity index (χ0) is 8.27. The smallest absolute Gasteiger partial charge is 0.256 e. The van der Waals surface area contributed by atoms with E-state index in [1.54, 1.807) is 4.90 Å². The Morgan fingerprint density at radius 1 is 1.36 bits per heavy atom. The second-order valence-electron chi connectivity index (χ2n) is 3.00. The zero-order valence-electron chi connectivity index (χ0n) is 6.85. The second-order valence-corrected chi connectivity index (χ2v) is 3.00. The third-order valence-corrected chi connectivity index (χ3v) is 2.01. The number of carbonyl (C=O) groups excluding carboxylic acids is 1. The lowest BCUT2D eigenvalue weighted by molar-refractivity contribution is -0.136. The van der Waals surface area contributed by atoms with Gasteiger partial charge in [0.15, 0.2) is 6.17 Å². The van der Waals surface area contributed by atoms with Crippen molar-refractivity contribution in [3.05, 3.63) is 0 Å². The highest BCUT2D eigenvalue weighted by atomic mass is 19.1. The number of amides is 1. The van der Waals surface area contributed by atoms with E-state index >= 15 is 0 Å². The van der Waals surface area contributed by atoms with E-state index in [1.165, 1.54) is 13.3 Å². The van der Waals surface area contributed by atoms with Crippen LogP contribution < -0.4 is 0 Å². The van der Waals surface area contributed by atoms with Crippen molar-refractivity contribution >= 4 is 5.91 Å². The Bertz CT molecular complexity index is 141. The molecule has 0 aromatic rings. The van der Waals surface area contributed by atoms with Crippen molar-refractivity contribution in [2.75, 3.05) is 13.1 Å². The number of hydrogen-bond donors (Lipinski definition) is 0. The normalized spacial score (nSPS) is 21.5. The minimum absolute atomic E-state index is 0.343. The number of nitrogens with zero attached hydrogens (tertiary/aromatic N) is 1. The van der Waals surface area contributed by atoms with Crippen LogP contribution in [0.5, 0.6) is 0 Å². The first-order valence-corrected chi connectivity index (χ1v) is 4.14. The lowest BCUT2D eigenvalue weighted by atomic mass is 10.1. The van der Waals surface area contributed by atoms with Gasteiger partial charge in [0.25, 0.3) is 5.91 Å². The minimum Gasteiger partial charge on any atom is -0.340 e. The van der Waals surface area contributed by atoms with E-state index in [2.05, 4.69) is 0 Å². The van der Waals surface area contributed by atoms with Crippen molar-refractivity contribution in [1.29, 1.82) is 0 Å². The molecule has 1 saturated heterocycles. The van der Waals surface area contributed by atoms with E-state index in [1.807, 2.05) is 0 Å². The average molecular weight is 159 g/mol. The summed E-state index contributed by atoms with van der Waals surface area (Å²) in [4.78, 5) is 12.7. The molecular formula is C8H14FNO. The van der Waals surface area contributed by atoms with Gasteiger partial charge in [-0.15, -0.1) is 0 Å². The molecule has 0 spiro atoms. The topological polar surface area (TPSA) is 20.3 Å². The van der Waals surface area contributed by atoms with Gasteiger partial charge in [0.1, 0.15) is 0 Å². The predicted octanol–water partition coefficient (Wildman–Crippen LogP) is 1.36. The first kappa shape index (κ1) is 8.50. The van der Waals surface area contributed by atoms with Crippen molar-refractivity contribution in [1.82, 2.24) is 4.90 Å². The van der Waals surface area contributed by atoms with E-state index in [-0.39, 0.29) is 5.91 Å². The maximum atomic E-state index is 12.5. The molecule has 1 aliphatic rings. The van der Waals surface area contributed by atoms with Gasteiger partial charge >= 0.3 is 0 Å². The van der Waals surface area contributed by atoms with Gasteiger partial charge in [-0.25, -0.2) is 4.39 Å². The number of alkyl halides is 1. The standard InChI is InChI=1S/C8H14FNO/c1-7(9)8(11)10-5-3-2-4-6-10/h7H,2-6H2,1H3. The molecule has 0 N–H and O–H groups in total. The molecule has 1 aliphatic heterocycles. The highest BCUT2D eigenvalue weighted by molar-refractivity contribution is 5.80. The van der Waals surface area contributed by atoms with E-state index in [4.69, 9.17) is 0 Å². The lowest BCUT2D eigenvalue weighted by Crippen LogP contribution is -2.39. The van der Waals surface area contributed by atoms with Crippen LogP contribution in [0.1, 0.15) is 26.2 Å². The first-order chi connectivity index (χ1) is 5.22. The molecule has 1 rings (SSSR count). The van der Waals surface area contributed by atoms with Crippen LogP contribution in [0.25, 0.3) is 0 Å². The summed E-state index contributed by atoms with van der Waals surface area (Å²) in [5, 5.41) is 0. The van der Waals surface area contributed by atoms with Crippen LogP contribution in [0.3, 0.4) is 0 Å². The molecule has 0 aliphatic carbocycles. The Balaban J connectivity index is 2.39. The number of rotatable bonds is 1. The average Bonchev–Trinajstić information content (AvgIpc) is 2.05. The molecule has 11 heavy (non-hydrogen) atoms. The quantitative estimate of drug-likeness (QED) is 0.565. The van der Waals surface area contributed by atoms with Gasteiger partial charge in [0, 0.05) is 13.1 Å². The Morgan fingerprint density at radius 3 is 2.36 bits per heavy atom. The summed E-state index contributed by atoms with van der Waals surface area (Å²) in [6.45, 7) is 2.79. The molecule has 2 nitrogen and oxygen atoms in total. The Morgan fingerprint density at radius 2 is 1.91 bits per heavy atom. The fourth-order valence-electron chi connectivity index (χ4n) is 1.37. The second kappa shape index (κ2) is 3.69. The first-order valence-electron chi connectivity index (χ1n) is 4.14. The van der Waals surface area contributed by atoms with Crippen molar-refractivity contribution in [2.45, 2.75) is 32.4 Å². The maximum Gasteiger partial charge on any atom is 0.256 e. The summed E-state index contributed by atoms with van der Waals surface area (Å²) < 4.78 is 12.5. The van der Waals surface area contributed by atoms with Crippen LogP contribution in [-0.4, -0.2) is 30.1 Å². The Kier molecular flexibility index (Phi) is 2.85. The van der Waals surface area contributed by atoms with Crippen molar-refractivity contribution in [2.24, 2.45) is 0 Å². The summed E-state index contributed by atoms with van der Waals surface area (Å²) >= 11 is 0. The predicted molar refractivity (Wildman–Crippen MR) is 41.0 cm³/mol. The molecule has 1 heterocycles. The number of piperidine rings is 1. The number of likely N-dealkylation sites (tertiary alicyclic amines) is 1. The molecule has 64 valence electrons. The summed E-state index contributed by atoms with van der Waals surface area (Å²) in [6.07, 6.45) is 1.90.